The van der Waals surface area contributed by atoms with Crippen LogP contribution in [0.4, 0.5) is 0 Å². The largest absolute Gasteiger partial charge is 0.349 e. The third-order valence-electron chi connectivity index (χ3n) is 6.39. The summed E-state index contributed by atoms with van der Waals surface area (Å²) in [6.07, 6.45) is 4.03. The number of fused-ring (bicyclic) bond motifs is 2. The Bertz CT molecular complexity index is 935. The molecule has 0 spiro atoms. The van der Waals surface area contributed by atoms with Crippen LogP contribution in [-0.4, -0.2) is 18.0 Å². The van der Waals surface area contributed by atoms with Gasteiger partial charge in [-0.1, -0.05) is 48.5 Å². The summed E-state index contributed by atoms with van der Waals surface area (Å²) in [5.41, 5.74) is 3.47. The van der Waals surface area contributed by atoms with Crippen molar-refractivity contribution < 1.29 is 14.4 Å². The van der Waals surface area contributed by atoms with Crippen LogP contribution in [0.5, 0.6) is 0 Å². The summed E-state index contributed by atoms with van der Waals surface area (Å²) in [5.74, 6) is -0.562. The second-order valence-electron chi connectivity index (χ2n) is 8.11. The van der Waals surface area contributed by atoms with E-state index < -0.39 is 5.41 Å². The number of aryl methyl sites for hydroxylation is 2. The maximum Gasteiger partial charge on any atom is 0.217 e. The Morgan fingerprint density at radius 2 is 1.68 bits per heavy atom. The molecular weight excluding hydrogens is 350 g/mol. The Labute approximate surface area is 165 Å². The van der Waals surface area contributed by atoms with Gasteiger partial charge in [0.25, 0.3) is 0 Å². The lowest BCUT2D eigenvalue weighted by Gasteiger charge is -2.40. The fraction of sp³-hybridized carbons (Fsp3) is 0.375. The Morgan fingerprint density at radius 1 is 1.00 bits per heavy atom. The lowest BCUT2D eigenvalue weighted by Crippen LogP contribution is -2.48. The van der Waals surface area contributed by atoms with Gasteiger partial charge >= 0.3 is 0 Å². The number of carbonyl (C=O) groups excluding carboxylic acids is 3. The molecule has 4 heteroatoms. The van der Waals surface area contributed by atoms with Crippen molar-refractivity contribution in [2.24, 2.45) is 11.3 Å². The van der Waals surface area contributed by atoms with Crippen LogP contribution >= 0.6 is 0 Å². The number of carbonyl (C=O) groups is 3. The first-order chi connectivity index (χ1) is 13.5. The average molecular weight is 375 g/mol. The molecule has 0 aromatic heterocycles. The van der Waals surface area contributed by atoms with E-state index in [1.165, 1.54) is 18.1 Å². The topological polar surface area (TPSA) is 63.2 Å². The summed E-state index contributed by atoms with van der Waals surface area (Å²) in [6.45, 7) is 1.48. The van der Waals surface area contributed by atoms with Crippen LogP contribution in [-0.2, 0) is 33.6 Å². The first kappa shape index (κ1) is 18.6. The van der Waals surface area contributed by atoms with Crippen molar-refractivity contribution in [1.82, 2.24) is 5.32 Å². The molecule has 1 amide bonds. The van der Waals surface area contributed by atoms with Crippen LogP contribution in [0.2, 0.25) is 0 Å². The van der Waals surface area contributed by atoms with Gasteiger partial charge in [-0.25, -0.2) is 0 Å². The van der Waals surface area contributed by atoms with Crippen LogP contribution in [0.3, 0.4) is 0 Å². The van der Waals surface area contributed by atoms with Gasteiger partial charge in [0.1, 0.15) is 6.29 Å². The molecule has 2 aliphatic rings. The summed E-state index contributed by atoms with van der Waals surface area (Å²) in [4.78, 5) is 37.9. The van der Waals surface area contributed by atoms with Crippen molar-refractivity contribution in [3.05, 3.63) is 70.8 Å². The zero-order chi connectivity index (χ0) is 19.7. The summed E-state index contributed by atoms with van der Waals surface area (Å²) >= 11 is 0. The van der Waals surface area contributed by atoms with Crippen LogP contribution in [0.25, 0.3) is 0 Å². The summed E-state index contributed by atoms with van der Waals surface area (Å²) in [5, 5.41) is 2.99. The van der Waals surface area contributed by atoms with Crippen LogP contribution in [0.15, 0.2) is 48.5 Å². The number of hydrogen-bond acceptors (Lipinski definition) is 3. The van der Waals surface area contributed by atoms with Gasteiger partial charge in [0.15, 0.2) is 5.78 Å². The highest BCUT2D eigenvalue weighted by atomic mass is 16.2. The van der Waals surface area contributed by atoms with Gasteiger partial charge in [-0.3, -0.25) is 9.59 Å². The molecular formula is C24H25NO3. The van der Waals surface area contributed by atoms with Crippen molar-refractivity contribution >= 4 is 18.0 Å². The van der Waals surface area contributed by atoms with Crippen LogP contribution in [0.1, 0.15) is 48.1 Å². The molecule has 0 saturated heterocycles. The highest BCUT2D eigenvalue weighted by Crippen LogP contribution is 2.43. The second-order valence-corrected chi connectivity index (χ2v) is 8.11. The maximum atomic E-state index is 13.7. The van der Waals surface area contributed by atoms with Crippen molar-refractivity contribution in [2.75, 3.05) is 0 Å². The number of ketones is 1. The second kappa shape index (κ2) is 7.34. The van der Waals surface area contributed by atoms with E-state index in [0.29, 0.717) is 19.3 Å². The van der Waals surface area contributed by atoms with Gasteiger partial charge in [-0.05, 0) is 54.4 Å². The van der Waals surface area contributed by atoms with Gasteiger partial charge in [-0.2, -0.15) is 0 Å². The molecule has 0 fully saturated rings. The van der Waals surface area contributed by atoms with Gasteiger partial charge in [-0.15, -0.1) is 0 Å². The standard InChI is InChI=1S/C24H25NO3/c1-16(27)25-22-20-9-5-4-7-18(20)10-11-21(22)23(28)24(15-26)13-12-17-6-2-3-8-19(17)14-24/h2-9,15,21-22H,10-14H2,1H3,(H,25,27). The van der Waals surface area contributed by atoms with E-state index in [1.54, 1.807) is 0 Å². The van der Waals surface area contributed by atoms with E-state index in [2.05, 4.69) is 17.4 Å². The molecule has 0 saturated carbocycles. The van der Waals surface area contributed by atoms with Crippen molar-refractivity contribution in [3.8, 4) is 0 Å². The number of benzene rings is 2. The first-order valence-electron chi connectivity index (χ1n) is 9.96. The fourth-order valence-electron chi connectivity index (χ4n) is 4.94. The monoisotopic (exact) mass is 375 g/mol. The van der Waals surface area contributed by atoms with Crippen molar-refractivity contribution in [1.29, 1.82) is 0 Å². The molecule has 4 rings (SSSR count). The Hall–Kier alpha value is -2.75. The fourth-order valence-corrected chi connectivity index (χ4v) is 4.94. The van der Waals surface area contributed by atoms with Gasteiger partial charge in [0.05, 0.1) is 11.5 Å². The van der Waals surface area contributed by atoms with Gasteiger partial charge < -0.3 is 10.1 Å². The molecule has 2 aromatic carbocycles. The highest BCUT2D eigenvalue weighted by Gasteiger charge is 2.47. The molecule has 2 aromatic rings. The van der Waals surface area contributed by atoms with E-state index in [9.17, 15) is 14.4 Å². The number of nitrogens with one attached hydrogen (secondary N) is 1. The number of rotatable bonds is 4. The molecule has 3 atom stereocenters. The molecule has 0 heterocycles. The molecule has 4 nitrogen and oxygen atoms in total. The van der Waals surface area contributed by atoms with Crippen LogP contribution in [0, 0.1) is 11.3 Å². The van der Waals surface area contributed by atoms with E-state index in [1.807, 2.05) is 36.4 Å². The summed E-state index contributed by atoms with van der Waals surface area (Å²) in [6, 6.07) is 15.6. The molecule has 28 heavy (non-hydrogen) atoms. The van der Waals surface area contributed by atoms with E-state index >= 15 is 0 Å². The molecule has 144 valence electrons. The lowest BCUT2D eigenvalue weighted by molar-refractivity contribution is -0.140. The predicted octanol–water partition coefficient (Wildman–Crippen LogP) is 3.37. The Morgan fingerprint density at radius 3 is 2.39 bits per heavy atom. The SMILES string of the molecule is CC(=O)NC1c2ccccc2CCC1C(=O)C1(C=O)CCc2ccccc2C1. The number of Topliss-reactive ketones (excluding diaryl/α,β-unsaturated/α-hetero) is 1. The minimum absolute atomic E-state index is 0.0229. The van der Waals surface area contributed by atoms with E-state index in [0.717, 1.165) is 30.3 Å². The number of amides is 1. The molecule has 0 bridgehead atoms. The summed E-state index contributed by atoms with van der Waals surface area (Å²) in [7, 11) is 0. The lowest BCUT2D eigenvalue weighted by atomic mass is 9.63. The van der Waals surface area contributed by atoms with E-state index in [-0.39, 0.29) is 23.7 Å². The number of aldehydes is 1. The quantitative estimate of drug-likeness (QED) is 0.658. The molecule has 3 unspecified atom stereocenters. The first-order valence-corrected chi connectivity index (χ1v) is 9.96. The van der Waals surface area contributed by atoms with Gasteiger partial charge in [0.2, 0.25) is 5.91 Å². The third-order valence-corrected chi connectivity index (χ3v) is 6.39. The minimum atomic E-state index is -0.998. The molecule has 0 radical (unpaired) electrons. The predicted molar refractivity (Wildman–Crippen MR) is 107 cm³/mol. The molecule has 2 aliphatic carbocycles. The number of hydrogen-bond donors (Lipinski definition) is 1. The average Bonchev–Trinajstić information content (AvgIpc) is 2.72. The third kappa shape index (κ3) is 3.17. The zero-order valence-corrected chi connectivity index (χ0v) is 16.1. The van der Waals surface area contributed by atoms with Gasteiger partial charge in [0, 0.05) is 12.8 Å². The summed E-state index contributed by atoms with van der Waals surface area (Å²) < 4.78 is 0. The Kier molecular flexibility index (Phi) is 4.88. The van der Waals surface area contributed by atoms with Crippen molar-refractivity contribution in [2.45, 2.75) is 45.1 Å². The Balaban J connectivity index is 1.69. The molecule has 0 aliphatic heterocycles. The molecule has 1 N–H and O–H groups in total. The zero-order valence-electron chi connectivity index (χ0n) is 16.1. The van der Waals surface area contributed by atoms with Crippen molar-refractivity contribution in [3.63, 3.8) is 0 Å². The normalized spacial score (nSPS) is 25.9. The minimum Gasteiger partial charge on any atom is -0.349 e. The maximum absolute atomic E-state index is 13.7. The smallest absolute Gasteiger partial charge is 0.217 e. The highest BCUT2D eigenvalue weighted by molar-refractivity contribution is 6.01. The van der Waals surface area contributed by atoms with E-state index in [4.69, 9.17) is 0 Å². The van der Waals surface area contributed by atoms with Crippen LogP contribution < -0.4 is 5.32 Å².